The number of benzene rings is 1. The fraction of sp³-hybridized carbons (Fsp3) is 0.300. The lowest BCUT2D eigenvalue weighted by atomic mass is 9.98. The molecule has 1 aliphatic rings. The van der Waals surface area contributed by atoms with E-state index in [0.717, 1.165) is 31.6 Å². The maximum absolute atomic E-state index is 12.6. The minimum atomic E-state index is -0.0844. The van der Waals surface area contributed by atoms with E-state index in [1.54, 1.807) is 18.6 Å². The molecular weight excluding hydrogens is 328 g/mol. The molecule has 0 spiro atoms. The molecule has 0 radical (unpaired) electrons. The van der Waals surface area contributed by atoms with Gasteiger partial charge in [-0.3, -0.25) is 9.78 Å². The number of amides is 1. The lowest BCUT2D eigenvalue weighted by molar-refractivity contribution is 0.0691. The van der Waals surface area contributed by atoms with Crippen LogP contribution in [0.2, 0.25) is 0 Å². The zero-order valence-electron chi connectivity index (χ0n) is 14.4. The quantitative estimate of drug-likeness (QED) is 0.724. The molecule has 1 atom stereocenters. The fourth-order valence-electron chi connectivity index (χ4n) is 3.32. The Balaban J connectivity index is 1.44. The first-order chi connectivity index (χ1) is 12.8. The summed E-state index contributed by atoms with van der Waals surface area (Å²) >= 11 is 0. The third-order valence-corrected chi connectivity index (χ3v) is 4.63. The van der Waals surface area contributed by atoms with Crippen LogP contribution in [0.4, 0.5) is 0 Å². The molecule has 0 N–H and O–H groups in total. The number of rotatable bonds is 4. The molecule has 132 valence electrons. The Morgan fingerprint density at radius 1 is 1.15 bits per heavy atom. The van der Waals surface area contributed by atoms with Crippen LogP contribution in [0.25, 0.3) is 0 Å². The molecule has 6 nitrogen and oxygen atoms in total. The highest BCUT2D eigenvalue weighted by Gasteiger charge is 2.29. The van der Waals surface area contributed by atoms with Gasteiger partial charge in [0.2, 0.25) is 0 Å². The maximum atomic E-state index is 12.6. The van der Waals surface area contributed by atoms with Crippen LogP contribution in [0.3, 0.4) is 0 Å². The number of carbonyl (C=O) groups is 1. The molecular formula is C20H20N4O2. The van der Waals surface area contributed by atoms with Crippen molar-refractivity contribution >= 4 is 5.91 Å². The minimum absolute atomic E-state index is 0.0844. The summed E-state index contributed by atoms with van der Waals surface area (Å²) in [5.74, 6) is 1.60. The zero-order chi connectivity index (χ0) is 17.8. The van der Waals surface area contributed by atoms with E-state index in [-0.39, 0.29) is 11.8 Å². The Morgan fingerprint density at radius 3 is 2.85 bits per heavy atom. The molecule has 0 bridgehead atoms. The van der Waals surface area contributed by atoms with Gasteiger partial charge in [-0.15, -0.1) is 0 Å². The van der Waals surface area contributed by atoms with Crippen molar-refractivity contribution in [2.24, 2.45) is 0 Å². The molecule has 1 fully saturated rings. The number of likely N-dealkylation sites (tertiary alicyclic amines) is 1. The third-order valence-electron chi connectivity index (χ3n) is 4.63. The SMILES string of the molecule is O=C(c1cnccn1)N1CCCC(c2ncc(Cc3ccccc3)o2)C1. The summed E-state index contributed by atoms with van der Waals surface area (Å²) in [6, 6.07) is 10.2. The zero-order valence-corrected chi connectivity index (χ0v) is 14.4. The average Bonchev–Trinajstić information content (AvgIpc) is 3.17. The van der Waals surface area contributed by atoms with Gasteiger partial charge in [-0.1, -0.05) is 30.3 Å². The molecule has 0 aliphatic carbocycles. The lowest BCUT2D eigenvalue weighted by Gasteiger charge is -2.30. The Bertz CT molecular complexity index is 864. The summed E-state index contributed by atoms with van der Waals surface area (Å²) in [7, 11) is 0. The van der Waals surface area contributed by atoms with Gasteiger partial charge in [0.25, 0.3) is 5.91 Å². The van der Waals surface area contributed by atoms with Gasteiger partial charge in [-0.2, -0.15) is 0 Å². The number of hydrogen-bond donors (Lipinski definition) is 0. The number of nitrogens with zero attached hydrogens (tertiary/aromatic N) is 4. The highest BCUT2D eigenvalue weighted by molar-refractivity contribution is 5.92. The molecule has 1 amide bonds. The van der Waals surface area contributed by atoms with E-state index in [1.807, 2.05) is 23.1 Å². The van der Waals surface area contributed by atoms with Crippen LogP contribution in [0.15, 0.2) is 59.5 Å². The van der Waals surface area contributed by atoms with E-state index in [4.69, 9.17) is 4.42 Å². The van der Waals surface area contributed by atoms with Crippen LogP contribution in [-0.2, 0) is 6.42 Å². The lowest BCUT2D eigenvalue weighted by Crippen LogP contribution is -2.39. The molecule has 1 aliphatic heterocycles. The van der Waals surface area contributed by atoms with Crippen molar-refractivity contribution in [1.82, 2.24) is 19.9 Å². The number of piperidine rings is 1. The van der Waals surface area contributed by atoms with Crippen molar-refractivity contribution in [3.63, 3.8) is 0 Å². The van der Waals surface area contributed by atoms with E-state index < -0.39 is 0 Å². The van der Waals surface area contributed by atoms with Crippen LogP contribution >= 0.6 is 0 Å². The van der Waals surface area contributed by atoms with Gasteiger partial charge in [0, 0.05) is 31.9 Å². The maximum Gasteiger partial charge on any atom is 0.274 e. The van der Waals surface area contributed by atoms with Crippen LogP contribution in [0, 0.1) is 0 Å². The standard InChI is InChI=1S/C20H20N4O2/c25-20(18-13-21-8-9-22-18)24-10-4-7-16(14-24)19-23-12-17(26-19)11-15-5-2-1-3-6-15/h1-3,5-6,8-9,12-13,16H,4,7,10-11,14H2. The van der Waals surface area contributed by atoms with Gasteiger partial charge < -0.3 is 9.32 Å². The fourth-order valence-corrected chi connectivity index (χ4v) is 3.32. The smallest absolute Gasteiger partial charge is 0.274 e. The summed E-state index contributed by atoms with van der Waals surface area (Å²) < 4.78 is 5.98. The number of hydrogen-bond acceptors (Lipinski definition) is 5. The van der Waals surface area contributed by atoms with Crippen molar-refractivity contribution in [2.75, 3.05) is 13.1 Å². The van der Waals surface area contributed by atoms with Gasteiger partial charge >= 0.3 is 0 Å². The number of carbonyl (C=O) groups excluding carboxylic acids is 1. The molecule has 1 saturated heterocycles. The molecule has 3 heterocycles. The summed E-state index contributed by atoms with van der Waals surface area (Å²) in [6.45, 7) is 1.32. The molecule has 26 heavy (non-hydrogen) atoms. The highest BCUT2D eigenvalue weighted by atomic mass is 16.4. The third kappa shape index (κ3) is 3.64. The van der Waals surface area contributed by atoms with Gasteiger partial charge in [0.05, 0.1) is 18.3 Å². The summed E-state index contributed by atoms with van der Waals surface area (Å²) in [5, 5.41) is 0. The van der Waals surface area contributed by atoms with Gasteiger partial charge in [0.1, 0.15) is 11.5 Å². The van der Waals surface area contributed by atoms with Crippen molar-refractivity contribution in [1.29, 1.82) is 0 Å². The second-order valence-electron chi connectivity index (χ2n) is 6.51. The molecule has 1 unspecified atom stereocenters. The normalized spacial score (nSPS) is 17.2. The van der Waals surface area contributed by atoms with E-state index in [1.165, 1.54) is 11.8 Å². The average molecular weight is 348 g/mol. The van der Waals surface area contributed by atoms with Crippen LogP contribution in [0.1, 0.15) is 46.5 Å². The van der Waals surface area contributed by atoms with Crippen molar-refractivity contribution in [3.8, 4) is 0 Å². The van der Waals surface area contributed by atoms with Gasteiger partial charge in [-0.05, 0) is 18.4 Å². The summed E-state index contributed by atoms with van der Waals surface area (Å²) in [4.78, 5) is 27.0. The van der Waals surface area contributed by atoms with Crippen LogP contribution in [0.5, 0.6) is 0 Å². The molecule has 4 rings (SSSR count). The van der Waals surface area contributed by atoms with Gasteiger partial charge in [0.15, 0.2) is 5.89 Å². The molecule has 2 aromatic heterocycles. The second kappa shape index (κ2) is 7.47. The molecule has 6 heteroatoms. The number of oxazole rings is 1. The first-order valence-electron chi connectivity index (χ1n) is 8.83. The predicted molar refractivity (Wildman–Crippen MR) is 95.7 cm³/mol. The van der Waals surface area contributed by atoms with E-state index in [0.29, 0.717) is 18.1 Å². The van der Waals surface area contributed by atoms with E-state index >= 15 is 0 Å². The predicted octanol–water partition coefficient (Wildman–Crippen LogP) is 3.08. The summed E-state index contributed by atoms with van der Waals surface area (Å²) in [6.07, 6.45) is 9.03. The Labute approximate surface area is 151 Å². The van der Waals surface area contributed by atoms with Crippen LogP contribution in [-0.4, -0.2) is 38.8 Å². The topological polar surface area (TPSA) is 72.1 Å². The van der Waals surface area contributed by atoms with E-state index in [2.05, 4.69) is 27.1 Å². The van der Waals surface area contributed by atoms with Crippen LogP contribution < -0.4 is 0 Å². The highest BCUT2D eigenvalue weighted by Crippen LogP contribution is 2.27. The monoisotopic (exact) mass is 348 g/mol. The first kappa shape index (κ1) is 16.4. The van der Waals surface area contributed by atoms with Crippen molar-refractivity contribution in [3.05, 3.63) is 78.0 Å². The Hall–Kier alpha value is -3.02. The molecule has 3 aromatic rings. The van der Waals surface area contributed by atoms with E-state index in [9.17, 15) is 4.79 Å². The Kier molecular flexibility index (Phi) is 4.73. The largest absolute Gasteiger partial charge is 0.445 e. The molecule has 0 saturated carbocycles. The molecule has 1 aromatic carbocycles. The van der Waals surface area contributed by atoms with Gasteiger partial charge in [-0.25, -0.2) is 9.97 Å². The van der Waals surface area contributed by atoms with Crippen molar-refractivity contribution in [2.45, 2.75) is 25.2 Å². The van der Waals surface area contributed by atoms with Crippen molar-refractivity contribution < 1.29 is 9.21 Å². The minimum Gasteiger partial charge on any atom is -0.445 e. The second-order valence-corrected chi connectivity index (χ2v) is 6.51. The summed E-state index contributed by atoms with van der Waals surface area (Å²) in [5.41, 5.74) is 1.57. The Morgan fingerprint density at radius 2 is 2.04 bits per heavy atom. The first-order valence-corrected chi connectivity index (χ1v) is 8.83. The number of aromatic nitrogens is 3.